The van der Waals surface area contributed by atoms with Gasteiger partial charge in [0.25, 0.3) is 5.89 Å². The Kier molecular flexibility index (Phi) is 2.71. The normalized spacial score (nSPS) is 15.5. The van der Waals surface area contributed by atoms with E-state index in [1.807, 2.05) is 17.5 Å². The van der Waals surface area contributed by atoms with Gasteiger partial charge in [0, 0.05) is 19.0 Å². The molecule has 0 bridgehead atoms. The van der Waals surface area contributed by atoms with E-state index in [-0.39, 0.29) is 0 Å². The Balaban J connectivity index is 1.59. The van der Waals surface area contributed by atoms with Crippen LogP contribution in [0.15, 0.2) is 21.9 Å². The van der Waals surface area contributed by atoms with E-state index in [9.17, 15) is 0 Å². The fourth-order valence-corrected chi connectivity index (χ4v) is 2.17. The summed E-state index contributed by atoms with van der Waals surface area (Å²) in [5.41, 5.74) is 0. The van der Waals surface area contributed by atoms with E-state index in [0.717, 1.165) is 29.8 Å². The molecule has 0 saturated heterocycles. The second-order valence-corrected chi connectivity index (χ2v) is 4.90. The van der Waals surface area contributed by atoms with Crippen molar-refractivity contribution >= 4 is 11.3 Å². The fraction of sp³-hybridized carbons (Fsp3) is 0.455. The molecule has 1 saturated carbocycles. The van der Waals surface area contributed by atoms with Crippen LogP contribution in [0.2, 0.25) is 0 Å². The molecule has 0 unspecified atom stereocenters. The van der Waals surface area contributed by atoms with E-state index < -0.39 is 0 Å². The Morgan fingerprint density at radius 1 is 1.44 bits per heavy atom. The van der Waals surface area contributed by atoms with Gasteiger partial charge in [0.15, 0.2) is 0 Å². The molecule has 0 spiro atoms. The Morgan fingerprint density at radius 2 is 2.38 bits per heavy atom. The van der Waals surface area contributed by atoms with Crippen molar-refractivity contribution in [1.82, 2.24) is 15.5 Å². The van der Waals surface area contributed by atoms with Gasteiger partial charge < -0.3 is 9.73 Å². The van der Waals surface area contributed by atoms with Crippen LogP contribution in [0.25, 0.3) is 10.8 Å². The Morgan fingerprint density at radius 3 is 3.12 bits per heavy atom. The molecular formula is C11H13N3OS. The molecule has 0 radical (unpaired) electrons. The summed E-state index contributed by atoms with van der Waals surface area (Å²) in [5, 5.41) is 13.5. The first-order chi connectivity index (χ1) is 7.92. The lowest BCUT2D eigenvalue weighted by Gasteiger charge is -1.97. The number of aromatic nitrogens is 2. The first-order valence-electron chi connectivity index (χ1n) is 5.51. The highest BCUT2D eigenvalue weighted by Crippen LogP contribution is 2.23. The maximum absolute atomic E-state index is 5.58. The molecule has 1 aliphatic rings. The molecule has 3 rings (SSSR count). The van der Waals surface area contributed by atoms with Gasteiger partial charge >= 0.3 is 0 Å². The fourth-order valence-electron chi connectivity index (χ4n) is 1.53. The van der Waals surface area contributed by atoms with E-state index in [1.165, 1.54) is 12.8 Å². The van der Waals surface area contributed by atoms with Crippen molar-refractivity contribution in [1.29, 1.82) is 0 Å². The molecule has 0 aromatic carbocycles. The van der Waals surface area contributed by atoms with Gasteiger partial charge in [-0.05, 0) is 24.3 Å². The minimum atomic E-state index is 0.636. The third-order valence-corrected chi connectivity index (χ3v) is 3.41. The zero-order valence-electron chi connectivity index (χ0n) is 8.85. The largest absolute Gasteiger partial charge is 0.420 e. The number of thiophene rings is 1. The average molecular weight is 235 g/mol. The monoisotopic (exact) mass is 235 g/mol. The Labute approximate surface area is 97.7 Å². The minimum absolute atomic E-state index is 0.636. The molecule has 84 valence electrons. The average Bonchev–Trinajstić information content (AvgIpc) is 2.83. The summed E-state index contributed by atoms with van der Waals surface area (Å²) in [7, 11) is 0. The summed E-state index contributed by atoms with van der Waals surface area (Å²) in [5.74, 6) is 1.35. The SMILES string of the molecule is c1csc(-c2nnc(CCNC3CC3)o2)c1. The first-order valence-corrected chi connectivity index (χ1v) is 6.39. The van der Waals surface area contributed by atoms with Crippen molar-refractivity contribution in [3.8, 4) is 10.8 Å². The molecule has 2 heterocycles. The van der Waals surface area contributed by atoms with Gasteiger partial charge in [-0.1, -0.05) is 6.07 Å². The van der Waals surface area contributed by atoms with E-state index >= 15 is 0 Å². The van der Waals surface area contributed by atoms with Crippen LogP contribution < -0.4 is 5.32 Å². The van der Waals surface area contributed by atoms with Crippen molar-refractivity contribution < 1.29 is 4.42 Å². The summed E-state index contributed by atoms with van der Waals surface area (Å²) in [4.78, 5) is 1.04. The van der Waals surface area contributed by atoms with Crippen LogP contribution in [0.4, 0.5) is 0 Å². The zero-order chi connectivity index (χ0) is 10.8. The van der Waals surface area contributed by atoms with Gasteiger partial charge in [-0.2, -0.15) is 0 Å². The van der Waals surface area contributed by atoms with Crippen LogP contribution in [0.3, 0.4) is 0 Å². The predicted octanol–water partition coefficient (Wildman–Crippen LogP) is 2.09. The Bertz CT molecular complexity index is 448. The molecule has 16 heavy (non-hydrogen) atoms. The van der Waals surface area contributed by atoms with Gasteiger partial charge in [-0.25, -0.2) is 0 Å². The summed E-state index contributed by atoms with van der Waals surface area (Å²) >= 11 is 1.62. The number of rotatable bonds is 5. The molecule has 0 amide bonds. The zero-order valence-corrected chi connectivity index (χ0v) is 9.67. The lowest BCUT2D eigenvalue weighted by Crippen LogP contribution is -2.19. The first kappa shape index (κ1) is 9.99. The van der Waals surface area contributed by atoms with Crippen molar-refractivity contribution in [2.45, 2.75) is 25.3 Å². The van der Waals surface area contributed by atoms with Crippen LogP contribution in [0.5, 0.6) is 0 Å². The molecule has 4 nitrogen and oxygen atoms in total. The molecule has 0 aliphatic heterocycles. The highest BCUT2D eigenvalue weighted by Gasteiger charge is 2.20. The van der Waals surface area contributed by atoms with E-state index in [2.05, 4.69) is 15.5 Å². The smallest absolute Gasteiger partial charge is 0.257 e. The van der Waals surface area contributed by atoms with Crippen LogP contribution in [0.1, 0.15) is 18.7 Å². The van der Waals surface area contributed by atoms with Crippen LogP contribution in [-0.2, 0) is 6.42 Å². The molecule has 1 N–H and O–H groups in total. The summed E-state index contributed by atoms with van der Waals surface area (Å²) in [6.07, 6.45) is 3.43. The van der Waals surface area contributed by atoms with Crippen molar-refractivity contribution in [2.75, 3.05) is 6.54 Å². The van der Waals surface area contributed by atoms with Crippen molar-refractivity contribution in [3.63, 3.8) is 0 Å². The molecule has 5 heteroatoms. The summed E-state index contributed by atoms with van der Waals surface area (Å²) < 4.78 is 5.58. The number of hydrogen-bond acceptors (Lipinski definition) is 5. The van der Waals surface area contributed by atoms with E-state index in [1.54, 1.807) is 11.3 Å². The lowest BCUT2D eigenvalue weighted by atomic mass is 10.4. The van der Waals surface area contributed by atoms with Crippen LogP contribution in [-0.4, -0.2) is 22.8 Å². The summed E-state index contributed by atoms with van der Waals surface area (Å²) in [6, 6.07) is 4.71. The molecule has 1 fully saturated rings. The maximum atomic E-state index is 5.58. The van der Waals surface area contributed by atoms with Gasteiger partial charge in [0.1, 0.15) is 0 Å². The van der Waals surface area contributed by atoms with Crippen molar-refractivity contribution in [2.24, 2.45) is 0 Å². The second kappa shape index (κ2) is 4.35. The third-order valence-electron chi connectivity index (χ3n) is 2.55. The van der Waals surface area contributed by atoms with E-state index in [0.29, 0.717) is 5.89 Å². The number of nitrogens with zero attached hydrogens (tertiary/aromatic N) is 2. The van der Waals surface area contributed by atoms with Gasteiger partial charge in [-0.15, -0.1) is 21.5 Å². The van der Waals surface area contributed by atoms with Crippen molar-refractivity contribution in [3.05, 3.63) is 23.4 Å². The lowest BCUT2D eigenvalue weighted by molar-refractivity contribution is 0.495. The highest BCUT2D eigenvalue weighted by molar-refractivity contribution is 7.13. The molecule has 2 aromatic heterocycles. The van der Waals surface area contributed by atoms with Crippen LogP contribution >= 0.6 is 11.3 Å². The van der Waals surface area contributed by atoms with Crippen LogP contribution in [0, 0.1) is 0 Å². The quantitative estimate of drug-likeness (QED) is 0.862. The molecule has 2 aromatic rings. The van der Waals surface area contributed by atoms with Gasteiger partial charge in [0.05, 0.1) is 4.88 Å². The van der Waals surface area contributed by atoms with Gasteiger partial charge in [0.2, 0.25) is 5.89 Å². The topological polar surface area (TPSA) is 51.0 Å². The minimum Gasteiger partial charge on any atom is -0.420 e. The number of hydrogen-bond donors (Lipinski definition) is 1. The maximum Gasteiger partial charge on any atom is 0.257 e. The third kappa shape index (κ3) is 2.31. The molecule has 1 aliphatic carbocycles. The standard InChI is InChI=1S/C11H13N3OS/c1-2-9(16-7-1)11-14-13-10(15-11)5-6-12-8-3-4-8/h1-2,7-8,12H,3-6H2. The summed E-state index contributed by atoms with van der Waals surface area (Å²) in [6.45, 7) is 0.927. The highest BCUT2D eigenvalue weighted by atomic mass is 32.1. The number of nitrogens with one attached hydrogen (secondary N) is 1. The molecule has 0 atom stereocenters. The Hall–Kier alpha value is -1.20. The molecular weight excluding hydrogens is 222 g/mol. The van der Waals surface area contributed by atoms with Gasteiger partial charge in [-0.3, -0.25) is 0 Å². The van der Waals surface area contributed by atoms with E-state index in [4.69, 9.17) is 4.42 Å². The predicted molar refractivity (Wildman–Crippen MR) is 62.3 cm³/mol. The second-order valence-electron chi connectivity index (χ2n) is 3.96.